The first-order valence-corrected chi connectivity index (χ1v) is 12.3. The maximum Gasteiger partial charge on any atom is 0.268 e. The molecule has 0 N–H and O–H groups in total. The summed E-state index contributed by atoms with van der Waals surface area (Å²) in [5, 5.41) is 2.90. The molecule has 0 spiro atoms. The summed E-state index contributed by atoms with van der Waals surface area (Å²) in [4.78, 5) is 46.5. The van der Waals surface area contributed by atoms with Crippen LogP contribution < -0.4 is 19.3 Å². The standard InChI is InChI=1S/C26H25N3O5S/c1-5-22-26(32)29(20-10-16(6-8-24(20)34-22)18-13-35-15(3)27-18)12-21(30)17-7-9-23-19(11-17)28(4)25(31)14(2)33-23/h6-11,13-14,22H,5,12H2,1-4H3. The Morgan fingerprint density at radius 1 is 1.06 bits per heavy atom. The molecule has 5 rings (SSSR count). The average molecular weight is 492 g/mol. The zero-order chi connectivity index (χ0) is 24.9. The van der Waals surface area contributed by atoms with E-state index in [1.54, 1.807) is 43.5 Å². The van der Waals surface area contributed by atoms with Crippen LogP contribution in [0.15, 0.2) is 41.8 Å². The number of likely N-dealkylation sites (N-methyl/N-ethyl adjacent to an activating group) is 1. The van der Waals surface area contributed by atoms with Crippen LogP contribution in [0.3, 0.4) is 0 Å². The summed E-state index contributed by atoms with van der Waals surface area (Å²) in [5.74, 6) is 0.395. The Balaban J connectivity index is 1.48. The van der Waals surface area contributed by atoms with E-state index < -0.39 is 12.2 Å². The first kappa shape index (κ1) is 23.0. The van der Waals surface area contributed by atoms with Gasteiger partial charge in [0.1, 0.15) is 11.5 Å². The van der Waals surface area contributed by atoms with Crippen molar-refractivity contribution in [3.63, 3.8) is 0 Å². The van der Waals surface area contributed by atoms with Gasteiger partial charge in [0.25, 0.3) is 11.8 Å². The molecule has 0 saturated carbocycles. The molecule has 2 amide bonds. The summed E-state index contributed by atoms with van der Waals surface area (Å²) < 4.78 is 11.6. The van der Waals surface area contributed by atoms with E-state index in [9.17, 15) is 14.4 Å². The molecule has 2 aliphatic rings. The number of anilines is 2. The first-order valence-electron chi connectivity index (χ1n) is 11.4. The third-order valence-corrected chi connectivity index (χ3v) is 7.05. The molecular weight excluding hydrogens is 466 g/mol. The van der Waals surface area contributed by atoms with Crippen LogP contribution in [0.4, 0.5) is 11.4 Å². The third kappa shape index (κ3) is 4.05. The third-order valence-electron chi connectivity index (χ3n) is 6.27. The summed E-state index contributed by atoms with van der Waals surface area (Å²) in [7, 11) is 1.66. The molecule has 9 heteroatoms. The van der Waals surface area contributed by atoms with Gasteiger partial charge in [-0.15, -0.1) is 11.3 Å². The van der Waals surface area contributed by atoms with Gasteiger partial charge in [0.2, 0.25) is 0 Å². The Kier molecular flexibility index (Phi) is 5.80. The fourth-order valence-electron chi connectivity index (χ4n) is 4.32. The van der Waals surface area contributed by atoms with E-state index in [0.717, 1.165) is 16.3 Å². The monoisotopic (exact) mass is 491 g/mol. The van der Waals surface area contributed by atoms with Crippen molar-refractivity contribution in [3.05, 3.63) is 52.3 Å². The van der Waals surface area contributed by atoms with E-state index in [1.165, 1.54) is 9.80 Å². The van der Waals surface area contributed by atoms with E-state index in [4.69, 9.17) is 9.47 Å². The number of aromatic nitrogens is 1. The molecule has 0 fully saturated rings. The second kappa shape index (κ2) is 8.81. The molecule has 2 unspecified atom stereocenters. The normalized spacial score (nSPS) is 19.1. The van der Waals surface area contributed by atoms with Gasteiger partial charge in [0, 0.05) is 23.6 Å². The molecule has 3 heterocycles. The SMILES string of the molecule is CCC1Oc2ccc(-c3csc(C)n3)cc2N(CC(=O)c2ccc3c(c2)N(C)C(=O)C(C)O3)C1=O. The van der Waals surface area contributed by atoms with Crippen molar-refractivity contribution in [2.75, 3.05) is 23.4 Å². The molecule has 2 aromatic carbocycles. The second-order valence-electron chi connectivity index (χ2n) is 8.64. The fourth-order valence-corrected chi connectivity index (χ4v) is 4.94. The highest BCUT2D eigenvalue weighted by atomic mass is 32.1. The second-order valence-corrected chi connectivity index (χ2v) is 9.70. The number of aryl methyl sites for hydroxylation is 1. The molecule has 2 atom stereocenters. The van der Waals surface area contributed by atoms with Crippen LogP contribution in [0.5, 0.6) is 11.5 Å². The number of Topliss-reactive ketones (excluding diaryl/α,β-unsaturated/α-hetero) is 1. The molecule has 35 heavy (non-hydrogen) atoms. The Bertz CT molecular complexity index is 1350. The fraction of sp³-hybridized carbons (Fsp3) is 0.308. The van der Waals surface area contributed by atoms with Crippen LogP contribution in [0.1, 0.15) is 35.6 Å². The van der Waals surface area contributed by atoms with Crippen molar-refractivity contribution >= 4 is 40.3 Å². The molecule has 180 valence electrons. The van der Waals surface area contributed by atoms with Crippen molar-refractivity contribution < 1.29 is 23.9 Å². The van der Waals surface area contributed by atoms with Crippen molar-refractivity contribution in [3.8, 4) is 22.8 Å². The Hall–Kier alpha value is -3.72. The Labute approximate surface area is 207 Å². The van der Waals surface area contributed by atoms with Crippen molar-refractivity contribution in [2.24, 2.45) is 0 Å². The van der Waals surface area contributed by atoms with E-state index in [0.29, 0.717) is 34.9 Å². The van der Waals surface area contributed by atoms with Gasteiger partial charge in [-0.2, -0.15) is 0 Å². The number of carbonyl (C=O) groups excluding carboxylic acids is 3. The maximum atomic E-state index is 13.4. The highest BCUT2D eigenvalue weighted by Gasteiger charge is 2.35. The first-order chi connectivity index (χ1) is 16.8. The van der Waals surface area contributed by atoms with Gasteiger partial charge < -0.3 is 14.4 Å². The van der Waals surface area contributed by atoms with E-state index in [2.05, 4.69) is 4.98 Å². The summed E-state index contributed by atoms with van der Waals surface area (Å²) in [6, 6.07) is 10.6. The van der Waals surface area contributed by atoms with Gasteiger partial charge in [-0.1, -0.05) is 6.92 Å². The minimum absolute atomic E-state index is 0.154. The zero-order valence-corrected chi connectivity index (χ0v) is 20.7. The van der Waals surface area contributed by atoms with Crippen LogP contribution >= 0.6 is 11.3 Å². The number of fused-ring (bicyclic) bond motifs is 2. The quantitative estimate of drug-likeness (QED) is 0.496. The van der Waals surface area contributed by atoms with Gasteiger partial charge in [-0.3, -0.25) is 19.3 Å². The molecule has 0 saturated heterocycles. The molecule has 3 aromatic rings. The zero-order valence-electron chi connectivity index (χ0n) is 19.9. The number of benzene rings is 2. The highest BCUT2D eigenvalue weighted by Crippen LogP contribution is 2.39. The number of ether oxygens (including phenoxy) is 2. The Morgan fingerprint density at radius 3 is 2.51 bits per heavy atom. The minimum atomic E-state index is -0.662. The molecule has 2 aliphatic heterocycles. The van der Waals surface area contributed by atoms with Crippen molar-refractivity contribution in [2.45, 2.75) is 39.4 Å². The van der Waals surface area contributed by atoms with Crippen molar-refractivity contribution in [1.29, 1.82) is 0 Å². The van der Waals surface area contributed by atoms with Gasteiger partial charge in [-0.05, 0) is 56.7 Å². The van der Waals surface area contributed by atoms with Crippen LogP contribution in [0.2, 0.25) is 0 Å². The van der Waals surface area contributed by atoms with Crippen LogP contribution in [0.25, 0.3) is 11.3 Å². The summed E-state index contributed by atoms with van der Waals surface area (Å²) in [5.41, 5.74) is 3.11. The lowest BCUT2D eigenvalue weighted by atomic mass is 10.0. The lowest BCUT2D eigenvalue weighted by molar-refractivity contribution is -0.126. The number of hydrogen-bond donors (Lipinski definition) is 0. The topological polar surface area (TPSA) is 89.0 Å². The predicted octanol–water partition coefficient (Wildman–Crippen LogP) is 4.25. The molecule has 1 aromatic heterocycles. The number of nitrogens with zero attached hydrogens (tertiary/aromatic N) is 3. The number of thiazole rings is 1. The number of hydrogen-bond acceptors (Lipinski definition) is 7. The van der Waals surface area contributed by atoms with Crippen LogP contribution in [-0.2, 0) is 9.59 Å². The number of carbonyl (C=O) groups is 3. The maximum absolute atomic E-state index is 13.4. The van der Waals surface area contributed by atoms with Crippen molar-refractivity contribution in [1.82, 2.24) is 4.98 Å². The number of amides is 2. The van der Waals surface area contributed by atoms with Crippen LogP contribution in [0, 0.1) is 6.92 Å². The van der Waals surface area contributed by atoms with Gasteiger partial charge in [0.15, 0.2) is 18.0 Å². The molecule has 0 aliphatic carbocycles. The van der Waals surface area contributed by atoms with Gasteiger partial charge >= 0.3 is 0 Å². The largest absolute Gasteiger partial charge is 0.479 e. The Morgan fingerprint density at radius 2 is 1.80 bits per heavy atom. The predicted molar refractivity (Wildman–Crippen MR) is 134 cm³/mol. The smallest absolute Gasteiger partial charge is 0.268 e. The van der Waals surface area contributed by atoms with Crippen LogP contribution in [-0.4, -0.2) is 48.4 Å². The number of ketones is 1. The van der Waals surface area contributed by atoms with Gasteiger partial charge in [-0.25, -0.2) is 4.98 Å². The molecule has 8 nitrogen and oxygen atoms in total. The summed E-state index contributed by atoms with van der Waals surface area (Å²) in [6.07, 6.45) is -0.764. The molecule has 0 radical (unpaired) electrons. The van der Waals surface area contributed by atoms with E-state index >= 15 is 0 Å². The highest BCUT2D eigenvalue weighted by molar-refractivity contribution is 7.09. The molecule has 0 bridgehead atoms. The summed E-state index contributed by atoms with van der Waals surface area (Å²) >= 11 is 1.55. The average Bonchev–Trinajstić information content (AvgIpc) is 3.29. The molecular formula is C26H25N3O5S. The van der Waals surface area contributed by atoms with E-state index in [-0.39, 0.29) is 24.1 Å². The number of rotatable bonds is 5. The lowest BCUT2D eigenvalue weighted by Crippen LogP contribution is -2.47. The summed E-state index contributed by atoms with van der Waals surface area (Å²) in [6.45, 7) is 5.34. The van der Waals surface area contributed by atoms with E-state index in [1.807, 2.05) is 37.4 Å². The van der Waals surface area contributed by atoms with Gasteiger partial charge in [0.05, 0.1) is 28.6 Å². The minimum Gasteiger partial charge on any atom is -0.479 e. The lowest BCUT2D eigenvalue weighted by Gasteiger charge is -2.34.